The maximum absolute atomic E-state index is 6.22. The highest BCUT2D eigenvalue weighted by Crippen LogP contribution is 2.42. The first kappa shape index (κ1) is 8.75. The molecule has 1 unspecified atom stereocenters. The number of hydrogen-bond donors (Lipinski definition) is 2. The molecule has 1 aromatic rings. The summed E-state index contributed by atoms with van der Waals surface area (Å²) in [5.74, 6) is 1.58. The molecule has 0 radical (unpaired) electrons. The van der Waals surface area contributed by atoms with Crippen molar-refractivity contribution >= 4 is 0 Å². The third kappa shape index (κ3) is 1.48. The molecule has 1 fully saturated rings. The predicted molar refractivity (Wildman–Crippen MR) is 52.2 cm³/mol. The normalized spacial score (nSPS) is 21.5. The van der Waals surface area contributed by atoms with Gasteiger partial charge in [-0.2, -0.15) is 0 Å². The molecular weight excluding hydrogens is 162 g/mol. The second-order valence-corrected chi connectivity index (χ2v) is 4.17. The molecule has 3 heteroatoms. The highest BCUT2D eigenvalue weighted by Gasteiger charge is 2.41. The summed E-state index contributed by atoms with van der Waals surface area (Å²) in [4.78, 5) is 7.63. The van der Waals surface area contributed by atoms with Crippen molar-refractivity contribution in [2.75, 3.05) is 0 Å². The Morgan fingerprint density at radius 2 is 2.38 bits per heavy atom. The van der Waals surface area contributed by atoms with Gasteiger partial charge in [0.2, 0.25) is 0 Å². The van der Waals surface area contributed by atoms with E-state index in [1.54, 1.807) is 0 Å². The van der Waals surface area contributed by atoms with E-state index in [-0.39, 0.29) is 5.54 Å². The molecule has 0 spiro atoms. The molecule has 1 saturated carbocycles. The fourth-order valence-electron chi connectivity index (χ4n) is 1.69. The summed E-state index contributed by atoms with van der Waals surface area (Å²) in [5, 5.41) is 0. The Balaban J connectivity index is 2.22. The molecular formula is C10H17N3. The van der Waals surface area contributed by atoms with Gasteiger partial charge in [-0.3, -0.25) is 0 Å². The lowest BCUT2D eigenvalue weighted by Gasteiger charge is -2.21. The van der Waals surface area contributed by atoms with Crippen molar-refractivity contribution in [3.63, 3.8) is 0 Å². The van der Waals surface area contributed by atoms with E-state index in [1.165, 1.54) is 18.5 Å². The van der Waals surface area contributed by atoms with Gasteiger partial charge < -0.3 is 10.7 Å². The van der Waals surface area contributed by atoms with Gasteiger partial charge in [0.25, 0.3) is 0 Å². The lowest BCUT2D eigenvalue weighted by Crippen LogP contribution is -2.36. The number of aromatic nitrogens is 2. The third-order valence-electron chi connectivity index (χ3n) is 2.95. The van der Waals surface area contributed by atoms with Gasteiger partial charge in [0.05, 0.1) is 5.54 Å². The van der Waals surface area contributed by atoms with E-state index in [9.17, 15) is 0 Å². The van der Waals surface area contributed by atoms with Crippen LogP contribution in [0.1, 0.15) is 38.2 Å². The SMILES string of the molecule is CCc1cnc(C(C)(N)C2CC2)[nH]1. The van der Waals surface area contributed by atoms with Crippen LogP contribution in [0.25, 0.3) is 0 Å². The van der Waals surface area contributed by atoms with Gasteiger partial charge in [-0.15, -0.1) is 0 Å². The molecule has 0 saturated heterocycles. The van der Waals surface area contributed by atoms with Gasteiger partial charge in [-0.05, 0) is 32.1 Å². The summed E-state index contributed by atoms with van der Waals surface area (Å²) in [6.45, 7) is 4.19. The predicted octanol–water partition coefficient (Wildman–Crippen LogP) is 1.56. The molecule has 3 N–H and O–H groups in total. The highest BCUT2D eigenvalue weighted by atomic mass is 15.0. The lowest BCUT2D eigenvalue weighted by atomic mass is 9.97. The number of hydrogen-bond acceptors (Lipinski definition) is 2. The van der Waals surface area contributed by atoms with Crippen molar-refractivity contribution < 1.29 is 0 Å². The quantitative estimate of drug-likeness (QED) is 0.739. The van der Waals surface area contributed by atoms with Crippen LogP contribution in [0.15, 0.2) is 6.20 Å². The minimum Gasteiger partial charge on any atom is -0.344 e. The van der Waals surface area contributed by atoms with Gasteiger partial charge in [-0.25, -0.2) is 4.98 Å². The van der Waals surface area contributed by atoms with E-state index in [2.05, 4.69) is 23.8 Å². The van der Waals surface area contributed by atoms with E-state index in [1.807, 2.05) is 6.20 Å². The summed E-state index contributed by atoms with van der Waals surface area (Å²) in [6.07, 6.45) is 5.38. The Morgan fingerprint density at radius 3 is 2.85 bits per heavy atom. The largest absolute Gasteiger partial charge is 0.344 e. The minimum atomic E-state index is -0.243. The summed E-state index contributed by atoms with van der Waals surface area (Å²) >= 11 is 0. The Hall–Kier alpha value is -0.830. The van der Waals surface area contributed by atoms with E-state index in [4.69, 9.17) is 5.73 Å². The Bertz CT molecular complexity index is 297. The Labute approximate surface area is 78.7 Å². The Kier molecular flexibility index (Phi) is 1.91. The topological polar surface area (TPSA) is 54.7 Å². The van der Waals surface area contributed by atoms with Crippen LogP contribution in [-0.2, 0) is 12.0 Å². The number of H-pyrrole nitrogens is 1. The van der Waals surface area contributed by atoms with Crippen LogP contribution < -0.4 is 5.73 Å². The number of aryl methyl sites for hydroxylation is 1. The minimum absolute atomic E-state index is 0.243. The van der Waals surface area contributed by atoms with Crippen LogP contribution in [0, 0.1) is 5.92 Å². The zero-order valence-electron chi connectivity index (χ0n) is 8.30. The molecule has 1 heterocycles. The number of nitrogens with one attached hydrogen (secondary N) is 1. The standard InChI is InChI=1S/C10H17N3/c1-3-8-6-12-9(13-8)10(2,11)7-4-5-7/h6-7H,3-5,11H2,1-2H3,(H,12,13). The average Bonchev–Trinajstić information content (AvgIpc) is 2.84. The molecule has 72 valence electrons. The summed E-state index contributed by atoms with van der Waals surface area (Å²) < 4.78 is 0. The zero-order valence-corrected chi connectivity index (χ0v) is 8.30. The maximum atomic E-state index is 6.22. The first-order valence-corrected chi connectivity index (χ1v) is 4.97. The Morgan fingerprint density at radius 1 is 1.69 bits per heavy atom. The molecule has 2 rings (SSSR count). The van der Waals surface area contributed by atoms with Crippen LogP contribution in [0.4, 0.5) is 0 Å². The van der Waals surface area contributed by atoms with E-state index in [0.29, 0.717) is 5.92 Å². The van der Waals surface area contributed by atoms with Crippen molar-refractivity contribution in [3.8, 4) is 0 Å². The van der Waals surface area contributed by atoms with Gasteiger partial charge in [0, 0.05) is 11.9 Å². The number of nitrogens with two attached hydrogens (primary N) is 1. The van der Waals surface area contributed by atoms with Crippen LogP contribution in [-0.4, -0.2) is 9.97 Å². The number of imidazole rings is 1. The van der Waals surface area contributed by atoms with Crippen LogP contribution in [0.2, 0.25) is 0 Å². The molecule has 0 amide bonds. The van der Waals surface area contributed by atoms with Crippen LogP contribution >= 0.6 is 0 Å². The van der Waals surface area contributed by atoms with Crippen molar-refractivity contribution in [1.82, 2.24) is 9.97 Å². The second-order valence-electron chi connectivity index (χ2n) is 4.17. The summed E-state index contributed by atoms with van der Waals surface area (Å²) in [7, 11) is 0. The third-order valence-corrected chi connectivity index (χ3v) is 2.95. The van der Waals surface area contributed by atoms with Crippen LogP contribution in [0.3, 0.4) is 0 Å². The highest BCUT2D eigenvalue weighted by molar-refractivity contribution is 5.13. The van der Waals surface area contributed by atoms with Gasteiger partial charge >= 0.3 is 0 Å². The summed E-state index contributed by atoms with van der Waals surface area (Å²) in [6, 6.07) is 0. The molecule has 0 aliphatic heterocycles. The zero-order chi connectivity index (χ0) is 9.47. The average molecular weight is 179 g/mol. The molecule has 0 bridgehead atoms. The molecule has 1 aromatic heterocycles. The van der Waals surface area contributed by atoms with Gasteiger partial charge in [-0.1, -0.05) is 6.92 Å². The molecule has 1 aliphatic carbocycles. The second kappa shape index (κ2) is 2.84. The lowest BCUT2D eigenvalue weighted by molar-refractivity contribution is 0.403. The smallest absolute Gasteiger partial charge is 0.126 e. The van der Waals surface area contributed by atoms with Gasteiger partial charge in [0.1, 0.15) is 5.82 Å². The van der Waals surface area contributed by atoms with E-state index in [0.717, 1.165) is 12.2 Å². The monoisotopic (exact) mass is 179 g/mol. The molecule has 0 aromatic carbocycles. The van der Waals surface area contributed by atoms with Crippen molar-refractivity contribution in [3.05, 3.63) is 17.7 Å². The van der Waals surface area contributed by atoms with Crippen molar-refractivity contribution in [2.24, 2.45) is 11.7 Å². The molecule has 1 aliphatic rings. The number of nitrogens with zero attached hydrogens (tertiary/aromatic N) is 1. The van der Waals surface area contributed by atoms with Crippen molar-refractivity contribution in [1.29, 1.82) is 0 Å². The van der Waals surface area contributed by atoms with Crippen molar-refractivity contribution in [2.45, 2.75) is 38.6 Å². The molecule has 13 heavy (non-hydrogen) atoms. The van der Waals surface area contributed by atoms with E-state index < -0.39 is 0 Å². The van der Waals surface area contributed by atoms with E-state index >= 15 is 0 Å². The fourth-order valence-corrected chi connectivity index (χ4v) is 1.69. The fraction of sp³-hybridized carbons (Fsp3) is 0.700. The number of aromatic amines is 1. The first-order valence-electron chi connectivity index (χ1n) is 4.97. The number of rotatable bonds is 3. The molecule has 1 atom stereocenters. The maximum Gasteiger partial charge on any atom is 0.126 e. The molecule has 3 nitrogen and oxygen atoms in total. The first-order chi connectivity index (χ1) is 6.14. The van der Waals surface area contributed by atoms with Crippen LogP contribution in [0.5, 0.6) is 0 Å². The summed E-state index contributed by atoms with van der Waals surface area (Å²) in [5.41, 5.74) is 7.15. The van der Waals surface area contributed by atoms with Gasteiger partial charge in [0.15, 0.2) is 0 Å².